The van der Waals surface area contributed by atoms with E-state index in [1.54, 1.807) is 12.1 Å². The summed E-state index contributed by atoms with van der Waals surface area (Å²) in [6, 6.07) is 6.13. The van der Waals surface area contributed by atoms with E-state index in [2.05, 4.69) is 4.90 Å². The molecular weight excluding hydrogens is 246 g/mol. The van der Waals surface area contributed by atoms with Crippen molar-refractivity contribution in [3.8, 4) is 0 Å². The first-order valence-electron chi connectivity index (χ1n) is 6.30. The summed E-state index contributed by atoms with van der Waals surface area (Å²) in [5.74, 6) is -1.66. The van der Waals surface area contributed by atoms with Crippen LogP contribution in [0.2, 0.25) is 0 Å². The molecule has 0 radical (unpaired) electrons. The number of nitrogens with zero attached hydrogens (tertiary/aromatic N) is 1. The summed E-state index contributed by atoms with van der Waals surface area (Å²) in [5.41, 5.74) is 0.106. The third kappa shape index (κ3) is 3.32. The molecule has 5 heteroatoms. The monoisotopic (exact) mass is 263 g/mol. The van der Waals surface area contributed by atoms with Gasteiger partial charge in [-0.2, -0.15) is 0 Å². The molecule has 1 aromatic carbocycles. The van der Waals surface area contributed by atoms with E-state index in [-0.39, 0.29) is 17.2 Å². The molecule has 0 bridgehead atoms. The molecule has 0 amide bonds. The number of aromatic carboxylic acids is 1. The highest BCUT2D eigenvalue weighted by atomic mass is 16.5. The minimum Gasteiger partial charge on any atom is -0.478 e. The van der Waals surface area contributed by atoms with Gasteiger partial charge in [-0.05, 0) is 32.0 Å². The summed E-state index contributed by atoms with van der Waals surface area (Å²) in [4.78, 5) is 25.2. The van der Waals surface area contributed by atoms with Crippen LogP contribution in [0.4, 0.5) is 0 Å². The maximum atomic E-state index is 12.0. The van der Waals surface area contributed by atoms with Crippen molar-refractivity contribution in [2.24, 2.45) is 0 Å². The standard InChI is InChI=1S/C14H17NO4/c1-15-8-6-10(7-9-15)19-14(18)12-5-3-2-4-11(12)13(16)17/h2-5,10H,6-9H2,1H3,(H,16,17). The van der Waals surface area contributed by atoms with Crippen LogP contribution in [0.5, 0.6) is 0 Å². The number of hydrogen-bond donors (Lipinski definition) is 1. The highest BCUT2D eigenvalue weighted by Gasteiger charge is 2.23. The zero-order valence-corrected chi connectivity index (χ0v) is 10.8. The van der Waals surface area contributed by atoms with Crippen molar-refractivity contribution in [3.05, 3.63) is 35.4 Å². The van der Waals surface area contributed by atoms with Crippen LogP contribution in [0.1, 0.15) is 33.6 Å². The molecule has 1 saturated heterocycles. The first kappa shape index (κ1) is 13.5. The lowest BCUT2D eigenvalue weighted by Gasteiger charge is -2.28. The minimum absolute atomic E-state index is 0.0135. The summed E-state index contributed by atoms with van der Waals surface area (Å²) in [7, 11) is 2.03. The molecule has 5 nitrogen and oxygen atoms in total. The second-order valence-corrected chi connectivity index (χ2v) is 4.76. The van der Waals surface area contributed by atoms with Gasteiger partial charge in [0.05, 0.1) is 11.1 Å². The van der Waals surface area contributed by atoms with Gasteiger partial charge >= 0.3 is 11.9 Å². The van der Waals surface area contributed by atoms with E-state index in [0.717, 1.165) is 25.9 Å². The summed E-state index contributed by atoms with van der Waals surface area (Å²) < 4.78 is 5.39. The second kappa shape index (κ2) is 5.84. The van der Waals surface area contributed by atoms with Gasteiger partial charge in [0, 0.05) is 13.1 Å². The van der Waals surface area contributed by atoms with Gasteiger partial charge in [0.2, 0.25) is 0 Å². The zero-order valence-electron chi connectivity index (χ0n) is 10.8. The fourth-order valence-electron chi connectivity index (χ4n) is 2.17. The summed E-state index contributed by atoms with van der Waals surface area (Å²) in [5, 5.41) is 9.04. The van der Waals surface area contributed by atoms with Crippen LogP contribution in [0.25, 0.3) is 0 Å². The van der Waals surface area contributed by atoms with Crippen molar-refractivity contribution >= 4 is 11.9 Å². The predicted octanol–water partition coefficient (Wildman–Crippen LogP) is 1.64. The number of likely N-dealkylation sites (tertiary alicyclic amines) is 1. The number of ether oxygens (including phenoxy) is 1. The van der Waals surface area contributed by atoms with E-state index in [0.29, 0.717) is 0 Å². The molecule has 102 valence electrons. The third-order valence-corrected chi connectivity index (χ3v) is 3.32. The molecule has 1 aliphatic heterocycles. The molecular formula is C14H17NO4. The second-order valence-electron chi connectivity index (χ2n) is 4.76. The van der Waals surface area contributed by atoms with E-state index in [1.807, 2.05) is 7.05 Å². The van der Waals surface area contributed by atoms with Crippen LogP contribution in [-0.4, -0.2) is 48.2 Å². The summed E-state index contributed by atoms with van der Waals surface area (Å²) in [6.45, 7) is 1.77. The van der Waals surface area contributed by atoms with Gasteiger partial charge in [-0.25, -0.2) is 9.59 Å². The molecule has 1 N–H and O–H groups in total. The molecule has 0 saturated carbocycles. The number of carbonyl (C=O) groups excluding carboxylic acids is 1. The summed E-state index contributed by atoms with van der Waals surface area (Å²) >= 11 is 0. The Morgan fingerprint density at radius 1 is 1.21 bits per heavy atom. The van der Waals surface area contributed by atoms with Crippen molar-refractivity contribution in [2.75, 3.05) is 20.1 Å². The average Bonchev–Trinajstić information content (AvgIpc) is 2.41. The van der Waals surface area contributed by atoms with Gasteiger partial charge in [-0.3, -0.25) is 0 Å². The first-order valence-corrected chi connectivity index (χ1v) is 6.30. The zero-order chi connectivity index (χ0) is 13.8. The van der Waals surface area contributed by atoms with Crippen LogP contribution in [-0.2, 0) is 4.74 Å². The van der Waals surface area contributed by atoms with E-state index >= 15 is 0 Å². The number of carboxylic acids is 1. The number of hydrogen-bond acceptors (Lipinski definition) is 4. The molecule has 0 unspecified atom stereocenters. The van der Waals surface area contributed by atoms with E-state index in [4.69, 9.17) is 9.84 Å². The topological polar surface area (TPSA) is 66.8 Å². The van der Waals surface area contributed by atoms with Gasteiger partial charge in [-0.1, -0.05) is 12.1 Å². The molecule has 0 aromatic heterocycles. The number of benzene rings is 1. The van der Waals surface area contributed by atoms with Crippen molar-refractivity contribution in [1.82, 2.24) is 4.90 Å². The highest BCUT2D eigenvalue weighted by molar-refractivity contribution is 6.02. The largest absolute Gasteiger partial charge is 0.478 e. The maximum absolute atomic E-state index is 12.0. The Bertz CT molecular complexity index is 478. The molecule has 1 heterocycles. The van der Waals surface area contributed by atoms with Crippen LogP contribution < -0.4 is 0 Å². The van der Waals surface area contributed by atoms with Crippen LogP contribution in [0, 0.1) is 0 Å². The van der Waals surface area contributed by atoms with Gasteiger partial charge in [0.25, 0.3) is 0 Å². The number of esters is 1. The fraction of sp³-hybridized carbons (Fsp3) is 0.429. The van der Waals surface area contributed by atoms with Gasteiger partial charge in [0.1, 0.15) is 6.10 Å². The predicted molar refractivity (Wildman–Crippen MR) is 69.3 cm³/mol. The Balaban J connectivity index is 2.06. The third-order valence-electron chi connectivity index (χ3n) is 3.32. The fourth-order valence-corrected chi connectivity index (χ4v) is 2.17. The van der Waals surface area contributed by atoms with Gasteiger partial charge in [0.15, 0.2) is 0 Å². The molecule has 1 aliphatic rings. The van der Waals surface area contributed by atoms with E-state index in [1.165, 1.54) is 12.1 Å². The number of piperidine rings is 1. The van der Waals surface area contributed by atoms with E-state index < -0.39 is 11.9 Å². The van der Waals surface area contributed by atoms with Gasteiger partial charge < -0.3 is 14.7 Å². The average molecular weight is 263 g/mol. The smallest absolute Gasteiger partial charge is 0.339 e. The Kier molecular flexibility index (Phi) is 4.16. The summed E-state index contributed by atoms with van der Waals surface area (Å²) in [6.07, 6.45) is 1.46. The van der Waals surface area contributed by atoms with Crippen molar-refractivity contribution < 1.29 is 19.4 Å². The molecule has 0 aliphatic carbocycles. The Morgan fingerprint density at radius 3 is 2.37 bits per heavy atom. The Hall–Kier alpha value is -1.88. The lowest BCUT2D eigenvalue weighted by Crippen LogP contribution is -2.35. The number of rotatable bonds is 3. The van der Waals surface area contributed by atoms with Crippen molar-refractivity contribution in [1.29, 1.82) is 0 Å². The van der Waals surface area contributed by atoms with Crippen LogP contribution in [0.15, 0.2) is 24.3 Å². The normalized spacial score (nSPS) is 17.1. The molecule has 19 heavy (non-hydrogen) atoms. The van der Waals surface area contributed by atoms with Crippen LogP contribution in [0.3, 0.4) is 0 Å². The Morgan fingerprint density at radius 2 is 1.79 bits per heavy atom. The van der Waals surface area contributed by atoms with Gasteiger partial charge in [-0.15, -0.1) is 0 Å². The Labute approximate surface area is 111 Å². The molecule has 0 atom stereocenters. The highest BCUT2D eigenvalue weighted by Crippen LogP contribution is 2.16. The van der Waals surface area contributed by atoms with E-state index in [9.17, 15) is 9.59 Å². The number of carboxylic acid groups (broad SMARTS) is 1. The lowest BCUT2D eigenvalue weighted by atomic mass is 10.1. The number of carbonyl (C=O) groups is 2. The van der Waals surface area contributed by atoms with Crippen molar-refractivity contribution in [3.63, 3.8) is 0 Å². The minimum atomic E-state index is -1.11. The quantitative estimate of drug-likeness (QED) is 0.840. The maximum Gasteiger partial charge on any atom is 0.339 e. The molecule has 1 fully saturated rings. The first-order chi connectivity index (χ1) is 9.08. The lowest BCUT2D eigenvalue weighted by molar-refractivity contribution is 0.0136. The molecule has 0 spiro atoms. The van der Waals surface area contributed by atoms with Crippen molar-refractivity contribution in [2.45, 2.75) is 18.9 Å². The molecule has 1 aromatic rings. The SMILES string of the molecule is CN1CCC(OC(=O)c2ccccc2C(=O)O)CC1. The molecule has 2 rings (SSSR count). The van der Waals surface area contributed by atoms with Crippen LogP contribution >= 0.6 is 0 Å².